The first-order chi connectivity index (χ1) is 16.7. The van der Waals surface area contributed by atoms with Crippen molar-refractivity contribution in [1.82, 2.24) is 4.98 Å². The normalized spacial score (nSPS) is 18.3. The summed E-state index contributed by atoms with van der Waals surface area (Å²) in [5, 5.41) is 1.82. The fourth-order valence-electron chi connectivity index (χ4n) is 5.01. The summed E-state index contributed by atoms with van der Waals surface area (Å²) >= 11 is 5.63. The van der Waals surface area contributed by atoms with Gasteiger partial charge in [0, 0.05) is 18.6 Å². The highest BCUT2D eigenvalue weighted by atomic mass is 35.5. The maximum atomic E-state index is 11.6. The minimum atomic E-state index is -2.63. The van der Waals surface area contributed by atoms with Crippen LogP contribution in [-0.2, 0) is 4.43 Å². The summed E-state index contributed by atoms with van der Waals surface area (Å²) in [5.74, 6) is 0.950. The molecule has 1 heterocycles. The topological polar surface area (TPSA) is 57.7 Å². The molecule has 2 aromatic carbocycles. The Bertz CT molecular complexity index is 1110. The summed E-state index contributed by atoms with van der Waals surface area (Å²) in [7, 11) is -1.08. The lowest BCUT2D eigenvalue weighted by Gasteiger charge is -2.44. The lowest BCUT2D eigenvalue weighted by Crippen LogP contribution is -2.67. The van der Waals surface area contributed by atoms with Crippen LogP contribution in [-0.4, -0.2) is 37.9 Å². The Morgan fingerprint density at radius 2 is 1.51 bits per heavy atom. The van der Waals surface area contributed by atoms with Gasteiger partial charge in [0.2, 0.25) is 0 Å². The smallest absolute Gasteiger partial charge is 0.270 e. The van der Waals surface area contributed by atoms with Crippen LogP contribution in [0.1, 0.15) is 50.5 Å². The van der Waals surface area contributed by atoms with Crippen LogP contribution in [0, 0.1) is 0 Å². The van der Waals surface area contributed by atoms with E-state index in [1.165, 1.54) is 16.6 Å². The number of methoxy groups -OCH3 is 1. The van der Waals surface area contributed by atoms with Crippen LogP contribution in [0.3, 0.4) is 0 Å². The summed E-state index contributed by atoms with van der Waals surface area (Å²) in [5.41, 5.74) is 0.139. The predicted octanol–water partition coefficient (Wildman–Crippen LogP) is 5.35. The van der Waals surface area contributed by atoms with E-state index in [1.54, 1.807) is 13.2 Å². The molecular formula is C28H32ClNO4Si. The Labute approximate surface area is 213 Å². The molecule has 0 N–H and O–H groups in total. The number of rotatable bonds is 8. The number of ether oxygens (including phenoxy) is 2. The van der Waals surface area contributed by atoms with Crippen molar-refractivity contribution >= 4 is 35.5 Å². The van der Waals surface area contributed by atoms with Crippen molar-refractivity contribution in [1.29, 1.82) is 0 Å². The van der Waals surface area contributed by atoms with Gasteiger partial charge in [-0.25, -0.2) is 4.98 Å². The molecule has 4 rings (SSSR count). The van der Waals surface area contributed by atoms with Crippen molar-refractivity contribution in [3.05, 3.63) is 78.6 Å². The summed E-state index contributed by atoms with van der Waals surface area (Å²) in [6, 6.07) is 22.9. The molecule has 7 heteroatoms. The largest absolute Gasteiger partial charge is 0.491 e. The molecule has 1 aliphatic carbocycles. The number of hydrogen-bond donors (Lipinski definition) is 0. The van der Waals surface area contributed by atoms with Gasteiger partial charge < -0.3 is 13.9 Å². The standard InChI is InChI=1S/C28H32ClNO4Si/c1-28(2,3)35(22-11-7-5-8-12-22,23-13-9-6-10-14-23)34-21-16-15-20(17-21)33-25-18-24(27(29)31)30-19-26(25)32-4/h5-14,18-21H,15-17H2,1-4H3/t20-,21-/m1/s1. The molecule has 2 atom stereocenters. The second kappa shape index (κ2) is 10.5. The van der Waals surface area contributed by atoms with Gasteiger partial charge in [-0.2, -0.15) is 0 Å². The Morgan fingerprint density at radius 1 is 0.943 bits per heavy atom. The molecule has 1 aliphatic rings. The van der Waals surface area contributed by atoms with E-state index in [0.717, 1.165) is 19.3 Å². The van der Waals surface area contributed by atoms with Crippen molar-refractivity contribution in [2.45, 2.75) is 57.3 Å². The zero-order valence-corrected chi connectivity index (χ0v) is 22.4. The number of pyridine rings is 1. The molecule has 5 nitrogen and oxygen atoms in total. The molecule has 0 bridgehead atoms. The lowest BCUT2D eigenvalue weighted by molar-refractivity contribution is 0.107. The molecule has 1 aromatic heterocycles. The first-order valence-corrected chi connectivity index (χ1v) is 14.2. The quantitative estimate of drug-likeness (QED) is 0.303. The number of nitrogens with zero attached hydrogens (tertiary/aromatic N) is 1. The van der Waals surface area contributed by atoms with Gasteiger partial charge in [0.05, 0.1) is 13.3 Å². The maximum absolute atomic E-state index is 11.6. The third kappa shape index (κ3) is 5.30. The van der Waals surface area contributed by atoms with Crippen molar-refractivity contribution in [3.63, 3.8) is 0 Å². The van der Waals surface area contributed by atoms with Crippen LogP contribution in [0.4, 0.5) is 0 Å². The lowest BCUT2D eigenvalue weighted by atomic mass is 10.2. The van der Waals surface area contributed by atoms with Crippen molar-refractivity contribution < 1.29 is 18.7 Å². The van der Waals surface area contributed by atoms with E-state index >= 15 is 0 Å². The average Bonchev–Trinajstić information content (AvgIpc) is 3.29. The number of halogens is 1. The van der Waals surface area contributed by atoms with Gasteiger partial charge in [0.25, 0.3) is 13.6 Å². The van der Waals surface area contributed by atoms with Gasteiger partial charge in [-0.3, -0.25) is 4.79 Å². The van der Waals surface area contributed by atoms with Gasteiger partial charge in [-0.1, -0.05) is 81.4 Å². The molecular weight excluding hydrogens is 478 g/mol. The van der Waals surface area contributed by atoms with Gasteiger partial charge in [0.1, 0.15) is 11.8 Å². The summed E-state index contributed by atoms with van der Waals surface area (Å²) in [6.45, 7) is 6.86. The highest BCUT2D eigenvalue weighted by Crippen LogP contribution is 2.40. The summed E-state index contributed by atoms with van der Waals surface area (Å²) < 4.78 is 18.9. The third-order valence-electron chi connectivity index (χ3n) is 6.64. The zero-order chi connectivity index (χ0) is 25.1. The van der Waals surface area contributed by atoms with Gasteiger partial charge in [-0.15, -0.1) is 0 Å². The van der Waals surface area contributed by atoms with Crippen molar-refractivity contribution in [3.8, 4) is 11.5 Å². The Hall–Kier alpha value is -2.67. The van der Waals surface area contributed by atoms with Crippen LogP contribution in [0.5, 0.6) is 11.5 Å². The molecule has 35 heavy (non-hydrogen) atoms. The van der Waals surface area contributed by atoms with Crippen molar-refractivity contribution in [2.75, 3.05) is 7.11 Å². The van der Waals surface area contributed by atoms with Gasteiger partial charge >= 0.3 is 0 Å². The van der Waals surface area contributed by atoms with Gasteiger partial charge in [0.15, 0.2) is 11.5 Å². The Kier molecular flexibility index (Phi) is 7.64. The number of hydrogen-bond acceptors (Lipinski definition) is 5. The second-order valence-corrected chi connectivity index (χ2v) is 14.5. The Morgan fingerprint density at radius 3 is 2.03 bits per heavy atom. The fraction of sp³-hybridized carbons (Fsp3) is 0.357. The average molecular weight is 510 g/mol. The highest BCUT2D eigenvalue weighted by Gasteiger charge is 2.52. The molecule has 0 aliphatic heterocycles. The second-order valence-electron chi connectivity index (χ2n) is 9.95. The summed E-state index contributed by atoms with van der Waals surface area (Å²) in [4.78, 5) is 15.6. The SMILES string of the molecule is COc1cnc(C(=O)Cl)cc1O[C@@H]1CC[C@@H](O[Si](c2ccccc2)(c2ccccc2)C(C)(C)C)C1. The minimum Gasteiger partial charge on any atom is -0.491 e. The number of benzene rings is 2. The monoisotopic (exact) mass is 509 g/mol. The van der Waals surface area contributed by atoms with E-state index in [0.29, 0.717) is 11.5 Å². The Balaban J connectivity index is 1.62. The highest BCUT2D eigenvalue weighted by molar-refractivity contribution is 6.99. The molecule has 3 aromatic rings. The molecule has 0 spiro atoms. The van der Waals surface area contributed by atoms with Crippen LogP contribution in [0.2, 0.25) is 5.04 Å². The molecule has 0 unspecified atom stereocenters. The van der Waals surface area contributed by atoms with E-state index in [1.807, 2.05) is 0 Å². The van der Waals surface area contributed by atoms with Crippen LogP contribution < -0.4 is 19.8 Å². The third-order valence-corrected chi connectivity index (χ3v) is 11.9. The van der Waals surface area contributed by atoms with E-state index in [9.17, 15) is 4.79 Å². The number of carbonyl (C=O) groups is 1. The fourth-order valence-corrected chi connectivity index (χ4v) is 9.85. The molecule has 1 saturated carbocycles. The van der Waals surface area contributed by atoms with E-state index in [-0.39, 0.29) is 22.9 Å². The predicted molar refractivity (Wildman–Crippen MR) is 142 cm³/mol. The molecule has 0 amide bonds. The van der Waals surface area contributed by atoms with Crippen LogP contribution in [0.15, 0.2) is 72.9 Å². The molecule has 0 radical (unpaired) electrons. The van der Waals surface area contributed by atoms with Crippen LogP contribution >= 0.6 is 11.6 Å². The van der Waals surface area contributed by atoms with E-state index in [2.05, 4.69) is 86.4 Å². The molecule has 1 fully saturated rings. The van der Waals surface area contributed by atoms with Gasteiger partial charge in [-0.05, 0) is 39.9 Å². The molecule has 184 valence electrons. The van der Waals surface area contributed by atoms with E-state index in [4.69, 9.17) is 25.5 Å². The first kappa shape index (κ1) is 25.4. The molecule has 0 saturated heterocycles. The summed E-state index contributed by atoms with van der Waals surface area (Å²) in [6.07, 6.45) is 3.94. The van der Waals surface area contributed by atoms with E-state index < -0.39 is 13.6 Å². The van der Waals surface area contributed by atoms with Crippen LogP contribution in [0.25, 0.3) is 0 Å². The maximum Gasteiger partial charge on any atom is 0.270 e. The number of aromatic nitrogens is 1. The first-order valence-electron chi connectivity index (χ1n) is 11.9. The number of carbonyl (C=O) groups excluding carboxylic acids is 1. The van der Waals surface area contributed by atoms with Crippen molar-refractivity contribution in [2.24, 2.45) is 0 Å². The zero-order valence-electron chi connectivity index (χ0n) is 20.7. The minimum absolute atomic E-state index is 0.0493.